The molecule has 0 radical (unpaired) electrons. The number of amides is 1. The van der Waals surface area contributed by atoms with Crippen molar-refractivity contribution in [3.63, 3.8) is 0 Å². The molecular weight excluding hydrogens is 1430 g/mol. The normalized spacial score (nSPS) is 23.2. The number of rotatable bonds is 19. The van der Waals surface area contributed by atoms with E-state index in [-0.39, 0.29) is 110 Å². The molecule has 0 spiro atoms. The van der Waals surface area contributed by atoms with Crippen molar-refractivity contribution in [2.45, 2.75) is 268 Å². The first kappa shape index (κ1) is 109. The Labute approximate surface area is 640 Å². The summed E-state index contributed by atoms with van der Waals surface area (Å²) in [6, 6.07) is 0. The number of carbonyl (C=O) groups is 7. The second-order valence-electron chi connectivity index (χ2n) is 29.7. The molecule has 0 heterocycles. The van der Waals surface area contributed by atoms with E-state index in [9.17, 15) is 43.2 Å². The Hall–Kier alpha value is -5.02. The molecule has 9 aliphatic carbocycles. The van der Waals surface area contributed by atoms with Gasteiger partial charge in [-0.3, -0.25) is 19.2 Å². The van der Waals surface area contributed by atoms with E-state index in [1.165, 1.54) is 112 Å². The minimum atomic E-state index is -0.527. The zero-order valence-corrected chi connectivity index (χ0v) is 67.0. The number of hydrogen-bond acceptors (Lipinski definition) is 20. The summed E-state index contributed by atoms with van der Waals surface area (Å²) in [7, 11) is 8.05. The van der Waals surface area contributed by atoms with Crippen molar-refractivity contribution in [2.24, 2.45) is 103 Å². The number of fused-ring (bicyclic) bond motifs is 15. The summed E-state index contributed by atoms with van der Waals surface area (Å²) in [6.07, 6.45) is 33.9. The number of aliphatic hydroxyl groups excluding tert-OH is 1. The summed E-state index contributed by atoms with van der Waals surface area (Å²) >= 11 is 1.79. The predicted octanol–water partition coefficient (Wildman–Crippen LogP) is 18.6. The van der Waals surface area contributed by atoms with Crippen molar-refractivity contribution in [1.29, 1.82) is 0 Å². The van der Waals surface area contributed by atoms with E-state index in [0.29, 0.717) is 11.1 Å². The molecule has 12 unspecified atom stereocenters. The lowest BCUT2D eigenvalue weighted by atomic mass is 9.82. The molecule has 0 aliphatic heterocycles. The molecule has 12 atom stereocenters. The zero-order chi connectivity index (χ0) is 76.1. The van der Waals surface area contributed by atoms with Gasteiger partial charge in [-0.15, -0.1) is 0 Å². The standard InChI is InChI=1S/C10H19NO4.3C10H16.C9H15NO3.C7H9NO3.2C7H14O2.C5H8O2.CH3IO.CH4O.4CH4/c1-5-10(2,3)8(12)15-7-6-11-9(13)14-4;3*1-2-9-7-4-5-8(6-7)10(9)3-1;1-4-9(2,3)8(12)13-6-5-10-7-11;1-6(2)7(10)11-4-3-8-5-9;2*1-5-7(2,3)6(8)9-4;1-4(2)5(6)7-3;1-3-2;1-2;;;;/h5-7H2,1-4H3,(H,11,13);3*7-10H,1-6H2;4-6H2,1-3H3;1,3-4H2,2H3;2*5H2,1-4H3;1H2,2-3H3;1H3;2H,1H3;4*1H4. The van der Waals surface area contributed by atoms with Crippen LogP contribution in [0.1, 0.15) is 268 Å². The van der Waals surface area contributed by atoms with Crippen LogP contribution in [0.4, 0.5) is 4.79 Å². The molecule has 22 heteroatoms. The lowest BCUT2D eigenvalue weighted by Crippen LogP contribution is -2.31. The van der Waals surface area contributed by atoms with Crippen LogP contribution in [0.25, 0.3) is 0 Å². The Morgan fingerprint density at radius 3 is 0.883 bits per heavy atom. The number of nitrogens with one attached hydrogen (secondary N) is 1. The number of ether oxygens (including phenoxy) is 7. The van der Waals surface area contributed by atoms with Gasteiger partial charge in [0.05, 0.1) is 69.7 Å². The van der Waals surface area contributed by atoms with Gasteiger partial charge in [0, 0.05) is 25.4 Å². The fraction of sp³-hybridized carbons (Fsp3) is 0.840. The Kier molecular flexibility index (Phi) is 62.5. The summed E-state index contributed by atoms with van der Waals surface area (Å²) in [5, 5.41) is 9.42. The Bertz CT molecular complexity index is 2330. The van der Waals surface area contributed by atoms with E-state index in [4.69, 9.17) is 14.6 Å². The topological polar surface area (TPSA) is 284 Å². The van der Waals surface area contributed by atoms with Crippen LogP contribution >= 0.6 is 23.0 Å². The van der Waals surface area contributed by atoms with Gasteiger partial charge in [0.1, 0.15) is 42.8 Å². The van der Waals surface area contributed by atoms with E-state index in [0.717, 1.165) is 32.8 Å². The smallest absolute Gasteiger partial charge is 0.406 e. The van der Waals surface area contributed by atoms with Gasteiger partial charge in [-0.1, -0.05) is 89.8 Å². The molecule has 103 heavy (non-hydrogen) atoms. The second kappa shape index (κ2) is 59.1. The molecule has 0 aromatic rings. The number of aliphatic hydroxyl groups is 1. The highest BCUT2D eigenvalue weighted by Crippen LogP contribution is 2.60. The molecule has 0 saturated heterocycles. The monoisotopic (exact) mass is 1580 g/mol. The van der Waals surface area contributed by atoms with Crippen molar-refractivity contribution < 1.29 is 84.5 Å². The van der Waals surface area contributed by atoms with Crippen molar-refractivity contribution in [3.05, 3.63) is 24.3 Å². The van der Waals surface area contributed by atoms with Gasteiger partial charge in [0.15, 0.2) is 0 Å². The van der Waals surface area contributed by atoms with Gasteiger partial charge in [-0.05, 0) is 262 Å². The largest absolute Gasteiger partial charge is 0.469 e. The van der Waals surface area contributed by atoms with Gasteiger partial charge in [0.25, 0.3) is 0 Å². The lowest BCUT2D eigenvalue weighted by molar-refractivity contribution is -0.154. The quantitative estimate of drug-likeness (QED) is 0.0231. The van der Waals surface area contributed by atoms with Crippen LogP contribution in [-0.2, 0) is 74.6 Å². The van der Waals surface area contributed by atoms with Crippen LogP contribution in [0.3, 0.4) is 0 Å². The third-order valence-electron chi connectivity index (χ3n) is 21.8. The predicted molar refractivity (Wildman–Crippen MR) is 422 cm³/mol. The van der Waals surface area contributed by atoms with Crippen molar-refractivity contribution in [2.75, 3.05) is 82.1 Å². The first-order valence-corrected chi connectivity index (χ1v) is 37.1. The number of carbonyl (C=O) groups excluding carboxylic acids is 9. The van der Waals surface area contributed by atoms with Gasteiger partial charge < -0.3 is 46.6 Å². The highest BCUT2D eigenvalue weighted by Gasteiger charge is 2.51. The van der Waals surface area contributed by atoms with Gasteiger partial charge in [0.2, 0.25) is 12.2 Å². The summed E-state index contributed by atoms with van der Waals surface area (Å²) < 4.78 is 36.4. The van der Waals surface area contributed by atoms with E-state index in [1.807, 2.05) is 83.1 Å². The maximum Gasteiger partial charge on any atom is 0.406 e. The molecule has 9 fully saturated rings. The summed E-state index contributed by atoms with van der Waals surface area (Å²) in [5.74, 6) is 12.8. The minimum Gasteiger partial charge on any atom is -0.469 e. The van der Waals surface area contributed by atoms with E-state index in [1.54, 1.807) is 160 Å². The fourth-order valence-electron chi connectivity index (χ4n) is 14.7. The summed E-state index contributed by atoms with van der Waals surface area (Å²) in [6.45, 7) is 33.5. The number of alkyl carbamates (subject to hydrolysis) is 1. The summed E-state index contributed by atoms with van der Waals surface area (Å²) in [5.41, 5.74) is -0.776. The van der Waals surface area contributed by atoms with E-state index >= 15 is 0 Å². The number of isocyanates is 2. The van der Waals surface area contributed by atoms with Crippen LogP contribution in [0.5, 0.6) is 0 Å². The summed E-state index contributed by atoms with van der Waals surface area (Å²) in [4.78, 5) is 102. The zero-order valence-electron chi connectivity index (χ0n) is 64.8. The van der Waals surface area contributed by atoms with Gasteiger partial charge in [-0.25, -0.2) is 34.0 Å². The molecule has 6 bridgehead atoms. The van der Waals surface area contributed by atoms with Crippen LogP contribution in [-0.4, -0.2) is 141 Å². The third kappa shape index (κ3) is 40.5. The lowest BCUT2D eigenvalue weighted by Gasteiger charge is -2.23. The van der Waals surface area contributed by atoms with E-state index in [2.05, 4.69) is 55.2 Å². The highest BCUT2D eigenvalue weighted by atomic mass is 127. The second-order valence-corrected chi connectivity index (χ2v) is 30.6. The molecule has 21 nitrogen and oxygen atoms in total. The Balaban J connectivity index is -0.000000255. The molecule has 0 aromatic carbocycles. The Morgan fingerprint density at radius 2 is 0.680 bits per heavy atom. The molecule has 2 N–H and O–H groups in total. The molecule has 604 valence electrons. The van der Waals surface area contributed by atoms with Crippen LogP contribution in [0, 0.1) is 92.7 Å². The fourth-order valence-corrected chi connectivity index (χ4v) is 14.7. The number of halogens is 1. The number of hydrogen-bond donors (Lipinski definition) is 2. The molecule has 9 aliphatic rings. The maximum atomic E-state index is 11.4. The molecular formula is C81H150IN3O18. The average Bonchev–Trinajstić information content (AvgIpc) is 1.64. The van der Waals surface area contributed by atoms with Crippen LogP contribution in [0.15, 0.2) is 34.3 Å². The van der Waals surface area contributed by atoms with Crippen LogP contribution in [0.2, 0.25) is 0 Å². The number of esters is 6. The SMILES string of the molecule is C.C.C.C.C1CC2C3CCC(C3)C2C1.C1CC2C3CCC(C3)C2C1.C1CC2C3CCC(C3)C2C1.C=C(C)C(=O)OC.C=C(C)C(=O)OCCN=C=O.CCC(C)(C)C(=O)OC.CCC(C)(C)C(=O)OC.CCC(C)(C)C(=O)OCCN=C=O.CCC(C)(C)C(=O)OCCNC(=O)OC.CO.COI. The number of methoxy groups -OCH3 is 4. The highest BCUT2D eigenvalue weighted by molar-refractivity contribution is 14.1. The van der Waals surface area contributed by atoms with Gasteiger partial charge in [-0.2, -0.15) is 0 Å². The first-order chi connectivity index (χ1) is 46.7. The molecule has 0 aromatic heterocycles. The molecule has 9 saturated carbocycles. The first-order valence-electron chi connectivity index (χ1n) is 36.3. The third-order valence-corrected chi connectivity index (χ3v) is 21.8. The number of nitrogens with zero attached hydrogens (tertiary/aromatic N) is 2. The average molecular weight is 1580 g/mol. The molecule has 1 amide bonds. The van der Waals surface area contributed by atoms with Gasteiger partial charge >= 0.3 is 41.9 Å². The van der Waals surface area contributed by atoms with E-state index < -0.39 is 22.9 Å². The van der Waals surface area contributed by atoms with Crippen LogP contribution < -0.4 is 5.32 Å². The van der Waals surface area contributed by atoms with Crippen molar-refractivity contribution in [3.8, 4) is 0 Å². The van der Waals surface area contributed by atoms with Crippen molar-refractivity contribution in [1.82, 2.24) is 5.32 Å². The van der Waals surface area contributed by atoms with Crippen molar-refractivity contribution >= 4 is 77.1 Å². The molecule has 9 rings (SSSR count). The Morgan fingerprint density at radius 1 is 0.427 bits per heavy atom. The number of aliphatic imine (C=N–C) groups is 2. The maximum absolute atomic E-state index is 11.4. The minimum absolute atomic E-state index is 0.